The van der Waals surface area contributed by atoms with E-state index in [9.17, 15) is 4.79 Å². The summed E-state index contributed by atoms with van der Waals surface area (Å²) in [4.78, 5) is 15.5. The van der Waals surface area contributed by atoms with Crippen molar-refractivity contribution >= 4 is 17.6 Å². The van der Waals surface area contributed by atoms with Crippen molar-refractivity contribution < 1.29 is 14.3 Å². The second-order valence-electron chi connectivity index (χ2n) is 5.44. The Kier molecular flexibility index (Phi) is 6.19. The van der Waals surface area contributed by atoms with E-state index in [2.05, 4.69) is 10.3 Å². The molecule has 6 heteroatoms. The van der Waals surface area contributed by atoms with Gasteiger partial charge >= 0.3 is 5.97 Å². The van der Waals surface area contributed by atoms with Crippen LogP contribution in [0.15, 0.2) is 28.7 Å². The summed E-state index contributed by atoms with van der Waals surface area (Å²) in [5, 5.41) is 12.9. The van der Waals surface area contributed by atoms with E-state index in [1.807, 2.05) is 26.0 Å². The number of benzene rings is 1. The van der Waals surface area contributed by atoms with Gasteiger partial charge in [-0.25, -0.2) is 4.98 Å². The molecule has 124 valence electrons. The van der Waals surface area contributed by atoms with E-state index < -0.39 is 5.97 Å². The highest BCUT2D eigenvalue weighted by atomic mass is 35.5. The summed E-state index contributed by atoms with van der Waals surface area (Å²) in [5.74, 6) is 0.281. The number of carboxylic acids is 1. The number of halogens is 1. The second-order valence-corrected chi connectivity index (χ2v) is 5.87. The third-order valence-corrected chi connectivity index (χ3v) is 4.04. The molecule has 0 aliphatic heterocycles. The molecule has 1 atom stereocenters. The van der Waals surface area contributed by atoms with Crippen molar-refractivity contribution in [2.45, 2.75) is 33.2 Å². The number of rotatable bonds is 8. The molecule has 0 amide bonds. The van der Waals surface area contributed by atoms with E-state index in [-0.39, 0.29) is 5.92 Å². The fraction of sp³-hybridized carbons (Fsp3) is 0.412. The number of aliphatic carboxylic acids is 1. The number of hydrogen-bond acceptors (Lipinski definition) is 4. The van der Waals surface area contributed by atoms with Gasteiger partial charge in [-0.15, -0.1) is 0 Å². The first-order chi connectivity index (χ1) is 11.0. The molecule has 1 aromatic carbocycles. The summed E-state index contributed by atoms with van der Waals surface area (Å²) in [6.07, 6.45) is 1.24. The molecular weight excluding hydrogens is 316 g/mol. The molecule has 5 nitrogen and oxygen atoms in total. The first kappa shape index (κ1) is 17.5. The van der Waals surface area contributed by atoms with Crippen LogP contribution in [0.4, 0.5) is 0 Å². The number of oxazole rings is 1. The Labute approximate surface area is 140 Å². The van der Waals surface area contributed by atoms with Crippen molar-refractivity contribution in [2.75, 3.05) is 6.54 Å². The minimum Gasteiger partial charge on any atom is -0.481 e. The topological polar surface area (TPSA) is 75.4 Å². The van der Waals surface area contributed by atoms with E-state index in [0.29, 0.717) is 36.8 Å². The molecule has 0 bridgehead atoms. The number of carbonyl (C=O) groups is 1. The number of nitrogens with zero attached hydrogens (tertiary/aromatic N) is 1. The Morgan fingerprint density at radius 3 is 2.70 bits per heavy atom. The van der Waals surface area contributed by atoms with Crippen LogP contribution in [-0.4, -0.2) is 22.6 Å². The van der Waals surface area contributed by atoms with Crippen LogP contribution < -0.4 is 5.32 Å². The fourth-order valence-electron chi connectivity index (χ4n) is 2.29. The Hall–Kier alpha value is -1.85. The molecule has 0 saturated heterocycles. The van der Waals surface area contributed by atoms with Gasteiger partial charge in [-0.05, 0) is 50.6 Å². The van der Waals surface area contributed by atoms with Crippen LogP contribution in [0, 0.1) is 12.8 Å². The average molecular weight is 337 g/mol. The number of carboxylic acid groups (broad SMARTS) is 1. The van der Waals surface area contributed by atoms with Crippen LogP contribution in [0.2, 0.25) is 5.02 Å². The average Bonchev–Trinajstić information content (AvgIpc) is 2.89. The van der Waals surface area contributed by atoms with Crippen molar-refractivity contribution in [3.63, 3.8) is 0 Å². The maximum Gasteiger partial charge on any atom is 0.306 e. The number of nitrogens with one attached hydrogen (secondary N) is 1. The lowest BCUT2D eigenvalue weighted by Gasteiger charge is -2.09. The molecule has 0 radical (unpaired) electrons. The Morgan fingerprint density at radius 1 is 1.39 bits per heavy atom. The molecule has 2 aromatic rings. The minimum atomic E-state index is -0.739. The van der Waals surface area contributed by atoms with Crippen molar-refractivity contribution in [3.05, 3.63) is 40.7 Å². The molecule has 1 heterocycles. The van der Waals surface area contributed by atoms with E-state index >= 15 is 0 Å². The molecule has 0 aliphatic rings. The minimum absolute atomic E-state index is 0.300. The van der Waals surface area contributed by atoms with Crippen molar-refractivity contribution in [2.24, 2.45) is 5.92 Å². The Bertz CT molecular complexity index is 652. The molecule has 0 fully saturated rings. The van der Waals surface area contributed by atoms with Gasteiger partial charge in [-0.1, -0.05) is 18.5 Å². The molecule has 0 spiro atoms. The largest absolute Gasteiger partial charge is 0.481 e. The van der Waals surface area contributed by atoms with Crippen molar-refractivity contribution in [1.29, 1.82) is 0 Å². The normalized spacial score (nSPS) is 12.3. The zero-order valence-corrected chi connectivity index (χ0v) is 14.1. The molecule has 1 unspecified atom stereocenters. The van der Waals surface area contributed by atoms with Crippen LogP contribution >= 0.6 is 11.6 Å². The lowest BCUT2D eigenvalue weighted by atomic mass is 10.0. The standard InChI is InChI=1S/C17H21ClN2O3/c1-3-12(17(21)22)8-9-19-10-15-11(2)23-16(20-15)13-4-6-14(18)7-5-13/h4-7,12,19H,3,8-10H2,1-2H3,(H,21,22). The summed E-state index contributed by atoms with van der Waals surface area (Å²) >= 11 is 5.88. The van der Waals surface area contributed by atoms with Gasteiger partial charge in [0.15, 0.2) is 0 Å². The van der Waals surface area contributed by atoms with Gasteiger partial charge in [0.05, 0.1) is 11.6 Å². The van der Waals surface area contributed by atoms with Crippen LogP contribution in [-0.2, 0) is 11.3 Å². The molecular formula is C17H21ClN2O3. The third-order valence-electron chi connectivity index (χ3n) is 3.79. The van der Waals surface area contributed by atoms with Crippen molar-refractivity contribution in [1.82, 2.24) is 10.3 Å². The van der Waals surface area contributed by atoms with Gasteiger partial charge in [-0.3, -0.25) is 4.79 Å². The lowest BCUT2D eigenvalue weighted by molar-refractivity contribution is -0.142. The SMILES string of the molecule is CCC(CCNCc1nc(-c2ccc(Cl)cc2)oc1C)C(=O)O. The highest BCUT2D eigenvalue weighted by Crippen LogP contribution is 2.23. The van der Waals surface area contributed by atoms with Gasteiger partial charge in [0.25, 0.3) is 0 Å². The van der Waals surface area contributed by atoms with E-state index in [1.165, 1.54) is 0 Å². The lowest BCUT2D eigenvalue weighted by Crippen LogP contribution is -2.22. The van der Waals surface area contributed by atoms with Gasteiger partial charge in [0.2, 0.25) is 5.89 Å². The summed E-state index contributed by atoms with van der Waals surface area (Å²) in [5.41, 5.74) is 1.71. The van der Waals surface area contributed by atoms with Crippen LogP contribution in [0.1, 0.15) is 31.2 Å². The fourth-order valence-corrected chi connectivity index (χ4v) is 2.42. The number of aromatic nitrogens is 1. The summed E-state index contributed by atoms with van der Waals surface area (Å²) in [7, 11) is 0. The summed E-state index contributed by atoms with van der Waals surface area (Å²) in [6.45, 7) is 4.95. The Morgan fingerprint density at radius 2 is 2.09 bits per heavy atom. The molecule has 1 aromatic heterocycles. The van der Waals surface area contributed by atoms with Gasteiger partial charge in [0, 0.05) is 17.1 Å². The monoisotopic (exact) mass is 336 g/mol. The maximum atomic E-state index is 11.0. The zero-order chi connectivity index (χ0) is 16.8. The number of hydrogen-bond donors (Lipinski definition) is 2. The highest BCUT2D eigenvalue weighted by Gasteiger charge is 2.15. The van der Waals surface area contributed by atoms with Gasteiger partial charge < -0.3 is 14.8 Å². The molecule has 2 rings (SSSR count). The van der Waals surface area contributed by atoms with Crippen molar-refractivity contribution in [3.8, 4) is 11.5 Å². The Balaban J connectivity index is 1.91. The van der Waals surface area contributed by atoms with E-state index in [4.69, 9.17) is 21.1 Å². The van der Waals surface area contributed by atoms with Crippen LogP contribution in [0.3, 0.4) is 0 Å². The smallest absolute Gasteiger partial charge is 0.306 e. The quantitative estimate of drug-likeness (QED) is 0.715. The summed E-state index contributed by atoms with van der Waals surface area (Å²) in [6, 6.07) is 7.32. The predicted molar refractivity (Wildman–Crippen MR) is 89.4 cm³/mol. The first-order valence-corrected chi connectivity index (χ1v) is 8.04. The highest BCUT2D eigenvalue weighted by molar-refractivity contribution is 6.30. The third kappa shape index (κ3) is 4.81. The second kappa shape index (κ2) is 8.13. The first-order valence-electron chi connectivity index (χ1n) is 7.67. The molecule has 0 saturated carbocycles. The zero-order valence-electron chi connectivity index (χ0n) is 13.3. The molecule has 23 heavy (non-hydrogen) atoms. The molecule has 0 aliphatic carbocycles. The van der Waals surface area contributed by atoms with Gasteiger partial charge in [0.1, 0.15) is 5.76 Å². The number of aryl methyl sites for hydroxylation is 1. The van der Waals surface area contributed by atoms with Crippen LogP contribution in [0.5, 0.6) is 0 Å². The van der Waals surface area contributed by atoms with Crippen LogP contribution in [0.25, 0.3) is 11.5 Å². The maximum absolute atomic E-state index is 11.0. The van der Waals surface area contributed by atoms with E-state index in [0.717, 1.165) is 17.0 Å². The summed E-state index contributed by atoms with van der Waals surface area (Å²) < 4.78 is 5.69. The van der Waals surface area contributed by atoms with Gasteiger partial charge in [-0.2, -0.15) is 0 Å². The van der Waals surface area contributed by atoms with E-state index in [1.54, 1.807) is 12.1 Å². The predicted octanol–water partition coefficient (Wildman–Crippen LogP) is 3.89. The molecule has 2 N–H and O–H groups in total.